The summed E-state index contributed by atoms with van der Waals surface area (Å²) in [5.41, 5.74) is -0.737. The molecule has 2 saturated carbocycles. The molecular formula is C13H23NO3. The number of hydrogen-bond donors (Lipinski definition) is 2. The Morgan fingerprint density at radius 2 is 2.24 bits per heavy atom. The minimum Gasteiger partial charge on any atom is -0.480 e. The monoisotopic (exact) mass is 241 g/mol. The summed E-state index contributed by atoms with van der Waals surface area (Å²) >= 11 is 0. The van der Waals surface area contributed by atoms with Gasteiger partial charge in [-0.3, -0.25) is 4.79 Å². The third kappa shape index (κ3) is 3.19. The molecule has 2 aliphatic rings. The Bertz CT molecular complexity index is 278. The molecule has 0 saturated heterocycles. The van der Waals surface area contributed by atoms with Crippen LogP contribution in [0.2, 0.25) is 0 Å². The van der Waals surface area contributed by atoms with Crippen LogP contribution in [0.3, 0.4) is 0 Å². The molecular weight excluding hydrogens is 218 g/mol. The first-order chi connectivity index (χ1) is 8.16. The van der Waals surface area contributed by atoms with Gasteiger partial charge in [0.05, 0.1) is 6.10 Å². The highest BCUT2D eigenvalue weighted by Gasteiger charge is 2.45. The molecule has 2 aliphatic carbocycles. The van der Waals surface area contributed by atoms with Crippen molar-refractivity contribution in [3.8, 4) is 0 Å². The van der Waals surface area contributed by atoms with E-state index in [9.17, 15) is 9.90 Å². The van der Waals surface area contributed by atoms with E-state index in [2.05, 4.69) is 5.32 Å². The van der Waals surface area contributed by atoms with E-state index < -0.39 is 11.5 Å². The molecule has 2 N–H and O–H groups in total. The highest BCUT2D eigenvalue weighted by Crippen LogP contribution is 2.35. The van der Waals surface area contributed by atoms with Crippen LogP contribution in [0, 0.1) is 5.92 Å². The highest BCUT2D eigenvalue weighted by atomic mass is 16.5. The lowest BCUT2D eigenvalue weighted by atomic mass is 9.98. The maximum Gasteiger partial charge on any atom is 0.323 e. The third-order valence-corrected chi connectivity index (χ3v) is 3.97. The largest absolute Gasteiger partial charge is 0.480 e. The van der Waals surface area contributed by atoms with Gasteiger partial charge in [0.1, 0.15) is 5.54 Å². The maximum absolute atomic E-state index is 11.3. The van der Waals surface area contributed by atoms with Crippen molar-refractivity contribution in [2.24, 2.45) is 5.92 Å². The topological polar surface area (TPSA) is 58.6 Å². The van der Waals surface area contributed by atoms with Crippen LogP contribution in [0.1, 0.15) is 45.4 Å². The Hall–Kier alpha value is -0.610. The Morgan fingerprint density at radius 1 is 1.47 bits per heavy atom. The maximum atomic E-state index is 11.3. The van der Waals surface area contributed by atoms with Gasteiger partial charge < -0.3 is 15.2 Å². The Kier molecular flexibility index (Phi) is 4.05. The second kappa shape index (κ2) is 5.36. The van der Waals surface area contributed by atoms with Crippen LogP contribution in [-0.2, 0) is 9.53 Å². The number of nitrogens with one attached hydrogen (secondary N) is 1. The number of ether oxygens (including phenoxy) is 1. The van der Waals surface area contributed by atoms with E-state index in [1.54, 1.807) is 0 Å². The number of likely N-dealkylation sites (N-methyl/N-ethyl adjacent to an activating group) is 1. The van der Waals surface area contributed by atoms with E-state index in [0.717, 1.165) is 25.4 Å². The molecule has 0 heterocycles. The molecule has 0 radical (unpaired) electrons. The van der Waals surface area contributed by atoms with Gasteiger partial charge in [-0.2, -0.15) is 0 Å². The Morgan fingerprint density at radius 3 is 2.82 bits per heavy atom. The molecule has 2 fully saturated rings. The van der Waals surface area contributed by atoms with Crippen molar-refractivity contribution in [2.75, 3.05) is 13.2 Å². The number of carboxylic acid groups (broad SMARTS) is 1. The van der Waals surface area contributed by atoms with Crippen LogP contribution >= 0.6 is 0 Å². The van der Waals surface area contributed by atoms with Crippen molar-refractivity contribution in [3.63, 3.8) is 0 Å². The minimum absolute atomic E-state index is 0.129. The van der Waals surface area contributed by atoms with Crippen molar-refractivity contribution < 1.29 is 14.6 Å². The Balaban J connectivity index is 1.76. The molecule has 2 atom stereocenters. The van der Waals surface area contributed by atoms with Crippen LogP contribution in [0.15, 0.2) is 0 Å². The predicted octanol–water partition coefficient (Wildman–Crippen LogP) is 1.79. The number of hydrogen-bond acceptors (Lipinski definition) is 3. The summed E-state index contributed by atoms with van der Waals surface area (Å²) in [4.78, 5) is 11.3. The normalized spacial score (nSPS) is 32.9. The summed E-state index contributed by atoms with van der Waals surface area (Å²) in [6.45, 7) is 3.45. The fourth-order valence-electron chi connectivity index (χ4n) is 2.72. The standard InChI is InChI=1S/C13H23NO3/c1-2-14-13(12(15)16)7-5-11(9-13)17-8-6-10-3-4-10/h10-11,14H,2-9H2,1H3,(H,15,16). The van der Waals surface area contributed by atoms with Gasteiger partial charge in [0, 0.05) is 13.0 Å². The summed E-state index contributed by atoms with van der Waals surface area (Å²) in [7, 11) is 0. The molecule has 17 heavy (non-hydrogen) atoms. The molecule has 2 rings (SSSR count). The van der Waals surface area contributed by atoms with E-state index in [0.29, 0.717) is 19.4 Å². The molecule has 0 aromatic rings. The molecule has 4 nitrogen and oxygen atoms in total. The van der Waals surface area contributed by atoms with E-state index in [4.69, 9.17) is 4.74 Å². The van der Waals surface area contributed by atoms with E-state index in [1.807, 2.05) is 6.92 Å². The number of carbonyl (C=O) groups is 1. The van der Waals surface area contributed by atoms with E-state index in [1.165, 1.54) is 12.8 Å². The smallest absolute Gasteiger partial charge is 0.323 e. The fraction of sp³-hybridized carbons (Fsp3) is 0.923. The molecule has 0 spiro atoms. The summed E-state index contributed by atoms with van der Waals surface area (Å²) < 4.78 is 5.80. The predicted molar refractivity (Wildman–Crippen MR) is 65.0 cm³/mol. The summed E-state index contributed by atoms with van der Waals surface area (Å²) in [5.74, 6) is 0.155. The van der Waals surface area contributed by atoms with Crippen molar-refractivity contribution in [1.29, 1.82) is 0 Å². The van der Waals surface area contributed by atoms with Crippen LogP contribution in [0.4, 0.5) is 0 Å². The molecule has 0 aliphatic heterocycles. The van der Waals surface area contributed by atoms with Gasteiger partial charge in [0.25, 0.3) is 0 Å². The van der Waals surface area contributed by atoms with Gasteiger partial charge in [-0.05, 0) is 31.7 Å². The molecule has 0 aromatic heterocycles. The molecule has 98 valence electrons. The van der Waals surface area contributed by atoms with E-state index in [-0.39, 0.29) is 6.10 Å². The third-order valence-electron chi connectivity index (χ3n) is 3.97. The zero-order valence-electron chi connectivity index (χ0n) is 10.6. The van der Waals surface area contributed by atoms with Crippen LogP contribution in [0.25, 0.3) is 0 Å². The van der Waals surface area contributed by atoms with Crippen LogP contribution in [-0.4, -0.2) is 35.9 Å². The molecule has 4 heteroatoms. The highest BCUT2D eigenvalue weighted by molar-refractivity contribution is 5.79. The minimum atomic E-state index is -0.737. The van der Waals surface area contributed by atoms with Crippen molar-refractivity contribution >= 4 is 5.97 Å². The summed E-state index contributed by atoms with van der Waals surface area (Å²) in [6.07, 6.45) is 6.14. The average Bonchev–Trinajstić information content (AvgIpc) is 3.01. The lowest BCUT2D eigenvalue weighted by molar-refractivity contribution is -0.145. The molecule has 0 amide bonds. The summed E-state index contributed by atoms with van der Waals surface area (Å²) in [5, 5.41) is 12.4. The first kappa shape index (κ1) is 12.8. The van der Waals surface area contributed by atoms with Gasteiger partial charge >= 0.3 is 5.97 Å². The Labute approximate surface area is 103 Å². The van der Waals surface area contributed by atoms with E-state index >= 15 is 0 Å². The second-order valence-electron chi connectivity index (χ2n) is 5.39. The zero-order chi connectivity index (χ0) is 12.3. The van der Waals surface area contributed by atoms with Crippen molar-refractivity contribution in [3.05, 3.63) is 0 Å². The lowest BCUT2D eigenvalue weighted by Crippen LogP contribution is -2.50. The van der Waals surface area contributed by atoms with Gasteiger partial charge in [-0.15, -0.1) is 0 Å². The fourth-order valence-corrected chi connectivity index (χ4v) is 2.72. The first-order valence-corrected chi connectivity index (χ1v) is 6.76. The summed E-state index contributed by atoms with van der Waals surface area (Å²) in [6, 6.07) is 0. The van der Waals surface area contributed by atoms with Crippen molar-refractivity contribution in [1.82, 2.24) is 5.32 Å². The molecule has 0 aromatic carbocycles. The number of rotatable bonds is 7. The second-order valence-corrected chi connectivity index (χ2v) is 5.39. The first-order valence-electron chi connectivity index (χ1n) is 6.76. The zero-order valence-corrected chi connectivity index (χ0v) is 10.6. The van der Waals surface area contributed by atoms with Crippen LogP contribution < -0.4 is 5.32 Å². The average molecular weight is 241 g/mol. The number of aliphatic carboxylic acids is 1. The lowest BCUT2D eigenvalue weighted by Gasteiger charge is -2.25. The van der Waals surface area contributed by atoms with Gasteiger partial charge in [0.15, 0.2) is 0 Å². The van der Waals surface area contributed by atoms with Gasteiger partial charge in [-0.25, -0.2) is 0 Å². The quantitative estimate of drug-likeness (QED) is 0.713. The number of carboxylic acids is 1. The van der Waals surface area contributed by atoms with Crippen LogP contribution in [0.5, 0.6) is 0 Å². The molecule has 0 bridgehead atoms. The molecule has 2 unspecified atom stereocenters. The van der Waals surface area contributed by atoms with Crippen molar-refractivity contribution in [2.45, 2.75) is 57.1 Å². The van der Waals surface area contributed by atoms with Gasteiger partial charge in [-0.1, -0.05) is 19.8 Å². The SMILES string of the molecule is CCNC1(C(=O)O)CCC(OCCC2CC2)C1. The van der Waals surface area contributed by atoms with Gasteiger partial charge in [0.2, 0.25) is 0 Å².